The molecule has 1 unspecified atom stereocenters. The van der Waals surface area contributed by atoms with Gasteiger partial charge in [-0.05, 0) is 24.3 Å². The minimum absolute atomic E-state index is 0.0307. The minimum atomic E-state index is -0.380. The second-order valence-electron chi connectivity index (χ2n) is 4.28. The number of nitrogens with zero attached hydrogens (tertiary/aromatic N) is 2. The Hall–Kier alpha value is -0.580. The molecule has 1 atom stereocenters. The van der Waals surface area contributed by atoms with Crippen molar-refractivity contribution in [3.05, 3.63) is 4.91 Å². The second kappa shape index (κ2) is 8.50. The number of hydrogen-bond acceptors (Lipinski definition) is 4. The molecule has 0 bridgehead atoms. The van der Waals surface area contributed by atoms with E-state index >= 15 is 0 Å². The second-order valence-corrected chi connectivity index (χ2v) is 5.47. The fourth-order valence-electron chi connectivity index (χ4n) is 1.93. The van der Waals surface area contributed by atoms with Crippen LogP contribution in [0.4, 0.5) is 0 Å². The zero-order valence-electron chi connectivity index (χ0n) is 11.4. The van der Waals surface area contributed by atoms with Crippen molar-refractivity contribution in [2.45, 2.75) is 50.7 Å². The number of rotatable bonds is 9. The third-order valence-electron chi connectivity index (χ3n) is 3.15. The highest BCUT2D eigenvalue weighted by molar-refractivity contribution is 8.00. The van der Waals surface area contributed by atoms with Crippen LogP contribution in [0, 0.1) is 4.91 Å². The van der Waals surface area contributed by atoms with Crippen LogP contribution < -0.4 is 0 Å². The van der Waals surface area contributed by atoms with Crippen molar-refractivity contribution in [2.75, 3.05) is 20.0 Å². The Morgan fingerprint density at radius 2 is 2.00 bits per heavy atom. The molecule has 0 aliphatic rings. The molecule has 0 aromatic carbocycles. The van der Waals surface area contributed by atoms with Crippen LogP contribution in [0.3, 0.4) is 0 Å². The van der Waals surface area contributed by atoms with Crippen LogP contribution in [0.15, 0.2) is 5.18 Å². The largest absolute Gasteiger partial charge is 0.322 e. The van der Waals surface area contributed by atoms with Crippen LogP contribution in [0.5, 0.6) is 0 Å². The van der Waals surface area contributed by atoms with Gasteiger partial charge in [0.05, 0.1) is 4.75 Å². The summed E-state index contributed by atoms with van der Waals surface area (Å²) in [6, 6.07) is 0. The van der Waals surface area contributed by atoms with Gasteiger partial charge in [-0.3, -0.25) is 4.79 Å². The molecular formula is C12H24N2O2S. The van der Waals surface area contributed by atoms with Gasteiger partial charge in [0, 0.05) is 7.05 Å². The third-order valence-corrected chi connectivity index (χ3v) is 4.60. The molecule has 0 saturated carbocycles. The average molecular weight is 260 g/mol. The van der Waals surface area contributed by atoms with Crippen molar-refractivity contribution in [1.82, 2.24) is 4.90 Å². The third kappa shape index (κ3) is 4.66. The van der Waals surface area contributed by atoms with E-state index in [9.17, 15) is 9.70 Å². The number of carbonyl (C=O) groups excluding carboxylic acids is 1. The highest BCUT2D eigenvalue weighted by Crippen LogP contribution is 2.34. The van der Waals surface area contributed by atoms with Gasteiger partial charge < -0.3 is 4.90 Å². The average Bonchev–Trinajstić information content (AvgIpc) is 2.35. The summed E-state index contributed by atoms with van der Waals surface area (Å²) in [5, 5.41) is 2.78. The molecule has 4 nitrogen and oxygen atoms in total. The van der Waals surface area contributed by atoms with Gasteiger partial charge in [0.1, 0.15) is 0 Å². The van der Waals surface area contributed by atoms with Gasteiger partial charge in [-0.1, -0.05) is 33.1 Å². The summed E-state index contributed by atoms with van der Waals surface area (Å²) >= 11 is 1.60. The lowest BCUT2D eigenvalue weighted by Gasteiger charge is -2.32. The first kappa shape index (κ1) is 16.4. The number of nitroso groups, excluding NO2 is 1. The Labute approximate surface area is 108 Å². The lowest BCUT2D eigenvalue weighted by atomic mass is 9.96. The lowest BCUT2D eigenvalue weighted by molar-refractivity contribution is -0.132. The molecule has 0 aliphatic carbocycles. The number of amides is 1. The van der Waals surface area contributed by atoms with Crippen molar-refractivity contribution in [3.63, 3.8) is 0 Å². The van der Waals surface area contributed by atoms with E-state index in [1.165, 1.54) is 4.90 Å². The molecule has 0 aromatic rings. The first-order chi connectivity index (χ1) is 8.07. The molecule has 5 heteroatoms. The lowest BCUT2D eigenvalue weighted by Crippen LogP contribution is -2.44. The predicted octanol–water partition coefficient (Wildman–Crippen LogP) is 3.26. The summed E-state index contributed by atoms with van der Waals surface area (Å²) in [6.45, 7) is 4.12. The minimum Gasteiger partial charge on any atom is -0.322 e. The van der Waals surface area contributed by atoms with Crippen LogP contribution >= 0.6 is 11.8 Å². The van der Waals surface area contributed by atoms with Crippen LogP contribution in [0.2, 0.25) is 0 Å². The van der Waals surface area contributed by atoms with Crippen LogP contribution in [-0.2, 0) is 4.79 Å². The quantitative estimate of drug-likeness (QED) is 0.472. The predicted molar refractivity (Wildman–Crippen MR) is 74.1 cm³/mol. The normalized spacial score (nSPS) is 14.1. The van der Waals surface area contributed by atoms with Crippen molar-refractivity contribution < 1.29 is 4.79 Å². The molecule has 0 radical (unpaired) electrons. The van der Waals surface area contributed by atoms with Gasteiger partial charge in [-0.2, -0.15) is 0 Å². The number of thioether (sulfide) groups is 1. The van der Waals surface area contributed by atoms with E-state index < -0.39 is 0 Å². The maximum absolute atomic E-state index is 12.3. The van der Waals surface area contributed by atoms with E-state index in [0.29, 0.717) is 0 Å². The molecule has 0 aromatic heterocycles. The fraction of sp³-hybridized carbons (Fsp3) is 0.917. The molecule has 0 spiro atoms. The fourth-order valence-corrected chi connectivity index (χ4v) is 2.90. The summed E-state index contributed by atoms with van der Waals surface area (Å²) in [7, 11) is 1.64. The Morgan fingerprint density at radius 1 is 1.35 bits per heavy atom. The van der Waals surface area contributed by atoms with E-state index in [1.807, 2.05) is 13.2 Å². The van der Waals surface area contributed by atoms with E-state index in [2.05, 4.69) is 12.1 Å². The van der Waals surface area contributed by atoms with Gasteiger partial charge in [0.25, 0.3) is 0 Å². The first-order valence-electron chi connectivity index (χ1n) is 6.17. The molecule has 1 amide bonds. The number of hydrogen-bond donors (Lipinski definition) is 0. The summed E-state index contributed by atoms with van der Waals surface area (Å²) in [6.07, 6.45) is 6.98. The Morgan fingerprint density at radius 3 is 2.41 bits per heavy atom. The smallest absolute Gasteiger partial charge is 0.240 e. The van der Waals surface area contributed by atoms with Gasteiger partial charge in [0.15, 0.2) is 6.67 Å². The van der Waals surface area contributed by atoms with Crippen molar-refractivity contribution in [2.24, 2.45) is 5.18 Å². The van der Waals surface area contributed by atoms with E-state index in [1.54, 1.807) is 18.8 Å². The molecule has 100 valence electrons. The SMILES string of the molecule is CCCCCC(CC)(SC)C(=O)N(C)CN=O. The zero-order chi connectivity index (χ0) is 13.3. The summed E-state index contributed by atoms with van der Waals surface area (Å²) in [5.41, 5.74) is 0. The maximum atomic E-state index is 12.3. The Balaban J connectivity index is 4.66. The Kier molecular flexibility index (Phi) is 8.21. The topological polar surface area (TPSA) is 49.7 Å². The first-order valence-corrected chi connectivity index (χ1v) is 7.40. The number of carbonyl (C=O) groups is 1. The molecule has 0 heterocycles. The van der Waals surface area contributed by atoms with Gasteiger partial charge in [-0.15, -0.1) is 16.7 Å². The zero-order valence-corrected chi connectivity index (χ0v) is 12.2. The maximum Gasteiger partial charge on any atom is 0.240 e. The molecule has 0 fully saturated rings. The van der Waals surface area contributed by atoms with Crippen molar-refractivity contribution in [3.8, 4) is 0 Å². The molecule has 0 aliphatic heterocycles. The molecule has 17 heavy (non-hydrogen) atoms. The van der Waals surface area contributed by atoms with Gasteiger partial charge in [-0.25, -0.2) is 0 Å². The van der Waals surface area contributed by atoms with Crippen molar-refractivity contribution in [1.29, 1.82) is 0 Å². The molecule has 0 N–H and O–H groups in total. The highest BCUT2D eigenvalue weighted by atomic mass is 32.2. The van der Waals surface area contributed by atoms with E-state index in [4.69, 9.17) is 0 Å². The van der Waals surface area contributed by atoms with Crippen LogP contribution in [0.1, 0.15) is 46.0 Å². The summed E-state index contributed by atoms with van der Waals surface area (Å²) in [5.74, 6) is 0.0307. The monoisotopic (exact) mass is 260 g/mol. The van der Waals surface area contributed by atoms with E-state index in [0.717, 1.165) is 32.1 Å². The Bertz CT molecular complexity index is 243. The highest BCUT2D eigenvalue weighted by Gasteiger charge is 2.37. The van der Waals surface area contributed by atoms with Gasteiger partial charge >= 0.3 is 0 Å². The van der Waals surface area contributed by atoms with E-state index in [-0.39, 0.29) is 17.3 Å². The van der Waals surface area contributed by atoms with Crippen LogP contribution in [0.25, 0.3) is 0 Å². The van der Waals surface area contributed by atoms with Crippen LogP contribution in [-0.4, -0.2) is 35.5 Å². The number of unbranched alkanes of at least 4 members (excludes halogenated alkanes) is 2. The summed E-state index contributed by atoms with van der Waals surface area (Å²) < 4.78 is -0.380. The molecule has 0 rings (SSSR count). The standard InChI is InChI=1S/C12H24N2O2S/c1-5-7-8-9-12(6-2,17-4)11(15)14(3)10-13-16/h5-10H2,1-4H3. The molecular weight excluding hydrogens is 236 g/mol. The van der Waals surface area contributed by atoms with Gasteiger partial charge in [0.2, 0.25) is 5.91 Å². The summed E-state index contributed by atoms with van der Waals surface area (Å²) in [4.78, 5) is 24.0. The van der Waals surface area contributed by atoms with Crippen molar-refractivity contribution >= 4 is 17.7 Å². The molecule has 0 saturated heterocycles.